The van der Waals surface area contributed by atoms with E-state index in [-0.39, 0.29) is 30.8 Å². The molecule has 8 heteroatoms. The van der Waals surface area contributed by atoms with Crippen LogP contribution in [0, 0.1) is 11.8 Å². The quantitative estimate of drug-likeness (QED) is 0.453. The molecular formula is C27H32N2O6. The number of fused-ring (bicyclic) bond motifs is 3. The highest BCUT2D eigenvalue weighted by molar-refractivity contribution is 5.84. The molecule has 0 spiro atoms. The van der Waals surface area contributed by atoms with Crippen LogP contribution in [0.1, 0.15) is 43.2 Å². The first kappa shape index (κ1) is 24.7. The first-order valence-corrected chi connectivity index (χ1v) is 12.0. The first-order chi connectivity index (χ1) is 16.9. The van der Waals surface area contributed by atoms with E-state index < -0.39 is 24.2 Å². The SMILES string of the molecule is COC(C)C(NC(=O)CC(CNC(=O)OCC1c2ccccc2-c2ccccc21)C1CC1)C(=O)O. The van der Waals surface area contributed by atoms with Crippen molar-refractivity contribution in [2.24, 2.45) is 11.8 Å². The molecule has 0 radical (unpaired) electrons. The summed E-state index contributed by atoms with van der Waals surface area (Å²) in [5.74, 6) is -1.28. The topological polar surface area (TPSA) is 114 Å². The summed E-state index contributed by atoms with van der Waals surface area (Å²) < 4.78 is 10.7. The van der Waals surface area contributed by atoms with Crippen molar-refractivity contribution in [3.63, 3.8) is 0 Å². The van der Waals surface area contributed by atoms with E-state index in [9.17, 15) is 19.5 Å². The average molecular weight is 481 g/mol. The highest BCUT2D eigenvalue weighted by Gasteiger charge is 2.35. The number of hydrogen-bond acceptors (Lipinski definition) is 5. The minimum absolute atomic E-state index is 0.0196. The average Bonchev–Trinajstić information content (AvgIpc) is 3.66. The maximum Gasteiger partial charge on any atom is 0.407 e. The molecular weight excluding hydrogens is 448 g/mol. The van der Waals surface area contributed by atoms with Crippen molar-refractivity contribution in [2.75, 3.05) is 20.3 Å². The van der Waals surface area contributed by atoms with Crippen molar-refractivity contribution < 1.29 is 29.0 Å². The molecule has 2 aromatic rings. The third-order valence-electron chi connectivity index (χ3n) is 7.01. The Balaban J connectivity index is 1.30. The normalized spacial score (nSPS) is 17.0. The summed E-state index contributed by atoms with van der Waals surface area (Å²) in [6, 6.07) is 15.2. The lowest BCUT2D eigenvalue weighted by molar-refractivity contribution is -0.145. The molecule has 0 aliphatic heterocycles. The van der Waals surface area contributed by atoms with E-state index in [4.69, 9.17) is 9.47 Å². The van der Waals surface area contributed by atoms with E-state index in [1.54, 1.807) is 6.92 Å². The lowest BCUT2D eigenvalue weighted by Crippen LogP contribution is -2.49. The summed E-state index contributed by atoms with van der Waals surface area (Å²) in [6.45, 7) is 2.12. The second-order valence-corrected chi connectivity index (χ2v) is 9.33. The molecule has 35 heavy (non-hydrogen) atoms. The van der Waals surface area contributed by atoms with Gasteiger partial charge in [-0.25, -0.2) is 9.59 Å². The summed E-state index contributed by atoms with van der Waals surface area (Å²) in [5, 5.41) is 14.7. The van der Waals surface area contributed by atoms with Crippen LogP contribution in [0.2, 0.25) is 0 Å². The van der Waals surface area contributed by atoms with Gasteiger partial charge in [-0.2, -0.15) is 0 Å². The van der Waals surface area contributed by atoms with Crippen molar-refractivity contribution in [2.45, 2.75) is 44.2 Å². The molecule has 3 atom stereocenters. The zero-order valence-corrected chi connectivity index (χ0v) is 20.0. The molecule has 2 aliphatic carbocycles. The molecule has 186 valence electrons. The van der Waals surface area contributed by atoms with Gasteiger partial charge in [0.05, 0.1) is 6.10 Å². The molecule has 3 N–H and O–H groups in total. The van der Waals surface area contributed by atoms with Crippen LogP contribution < -0.4 is 10.6 Å². The van der Waals surface area contributed by atoms with Gasteiger partial charge in [0.1, 0.15) is 6.61 Å². The molecule has 0 aromatic heterocycles. The number of hydrogen-bond donors (Lipinski definition) is 3. The van der Waals surface area contributed by atoms with Crippen LogP contribution >= 0.6 is 0 Å². The van der Waals surface area contributed by atoms with Crippen molar-refractivity contribution in [1.29, 1.82) is 0 Å². The maximum absolute atomic E-state index is 12.5. The molecule has 8 nitrogen and oxygen atoms in total. The minimum atomic E-state index is -1.15. The lowest BCUT2D eigenvalue weighted by Gasteiger charge is -2.22. The Morgan fingerprint density at radius 3 is 2.17 bits per heavy atom. The highest BCUT2D eigenvalue weighted by Crippen LogP contribution is 2.44. The summed E-state index contributed by atoms with van der Waals surface area (Å²) in [4.78, 5) is 36.5. The number of ether oxygens (including phenoxy) is 2. The summed E-state index contributed by atoms with van der Waals surface area (Å²) in [5.41, 5.74) is 4.62. The summed E-state index contributed by atoms with van der Waals surface area (Å²) in [6.07, 6.45) is 0.931. The largest absolute Gasteiger partial charge is 0.480 e. The van der Waals surface area contributed by atoms with Gasteiger partial charge in [-0.15, -0.1) is 0 Å². The second-order valence-electron chi connectivity index (χ2n) is 9.33. The van der Waals surface area contributed by atoms with E-state index >= 15 is 0 Å². The summed E-state index contributed by atoms with van der Waals surface area (Å²) in [7, 11) is 1.40. The van der Waals surface area contributed by atoms with Crippen molar-refractivity contribution >= 4 is 18.0 Å². The van der Waals surface area contributed by atoms with Crippen LogP contribution in [-0.2, 0) is 19.1 Å². The number of amides is 2. The van der Waals surface area contributed by atoms with Gasteiger partial charge in [0, 0.05) is 26.0 Å². The zero-order valence-electron chi connectivity index (χ0n) is 20.0. The third-order valence-corrected chi connectivity index (χ3v) is 7.01. The van der Waals surface area contributed by atoms with Gasteiger partial charge in [0.2, 0.25) is 5.91 Å². The van der Waals surface area contributed by atoms with Crippen molar-refractivity contribution in [3.05, 3.63) is 59.7 Å². The van der Waals surface area contributed by atoms with Crippen LogP contribution in [-0.4, -0.2) is 55.5 Å². The number of alkyl carbamates (subject to hydrolysis) is 1. The van der Waals surface area contributed by atoms with Crippen molar-refractivity contribution in [1.82, 2.24) is 10.6 Å². The number of benzene rings is 2. The van der Waals surface area contributed by atoms with Gasteiger partial charge in [-0.05, 0) is 53.9 Å². The summed E-state index contributed by atoms with van der Waals surface area (Å²) >= 11 is 0. The van der Waals surface area contributed by atoms with E-state index in [0.717, 1.165) is 24.0 Å². The Morgan fingerprint density at radius 1 is 1.03 bits per heavy atom. The maximum atomic E-state index is 12.5. The van der Waals surface area contributed by atoms with E-state index in [1.165, 1.54) is 18.2 Å². The molecule has 1 saturated carbocycles. The molecule has 0 bridgehead atoms. The Bertz CT molecular complexity index is 1040. The van der Waals surface area contributed by atoms with Gasteiger partial charge >= 0.3 is 12.1 Å². The predicted octanol–water partition coefficient (Wildman–Crippen LogP) is 3.55. The number of nitrogens with one attached hydrogen (secondary N) is 2. The fourth-order valence-electron chi connectivity index (χ4n) is 4.82. The van der Waals surface area contributed by atoms with Crippen LogP contribution in [0.5, 0.6) is 0 Å². The van der Waals surface area contributed by atoms with Gasteiger partial charge in [0.25, 0.3) is 0 Å². The van der Waals surface area contributed by atoms with Crippen LogP contribution in [0.4, 0.5) is 4.79 Å². The smallest absolute Gasteiger partial charge is 0.407 e. The second kappa shape index (κ2) is 10.9. The van der Waals surface area contributed by atoms with E-state index in [1.807, 2.05) is 24.3 Å². The fourth-order valence-corrected chi connectivity index (χ4v) is 4.82. The molecule has 2 aromatic carbocycles. The Labute approximate surface area is 205 Å². The molecule has 0 saturated heterocycles. The molecule has 0 heterocycles. The van der Waals surface area contributed by atoms with Gasteiger partial charge < -0.3 is 25.2 Å². The number of methoxy groups -OCH3 is 1. The fraction of sp³-hybridized carbons (Fsp3) is 0.444. The van der Waals surface area contributed by atoms with Crippen molar-refractivity contribution in [3.8, 4) is 11.1 Å². The van der Waals surface area contributed by atoms with Crippen LogP contribution in [0.3, 0.4) is 0 Å². The predicted molar refractivity (Wildman–Crippen MR) is 130 cm³/mol. The Hall–Kier alpha value is -3.39. The van der Waals surface area contributed by atoms with Gasteiger partial charge in [-0.1, -0.05) is 48.5 Å². The van der Waals surface area contributed by atoms with E-state index in [0.29, 0.717) is 12.5 Å². The Morgan fingerprint density at radius 2 is 1.63 bits per heavy atom. The molecule has 3 unspecified atom stereocenters. The minimum Gasteiger partial charge on any atom is -0.480 e. The molecule has 1 fully saturated rings. The number of carbonyl (C=O) groups excluding carboxylic acids is 2. The number of carbonyl (C=O) groups is 3. The monoisotopic (exact) mass is 480 g/mol. The number of carboxylic acid groups (broad SMARTS) is 1. The number of aliphatic carboxylic acids is 1. The standard InChI is InChI=1S/C27H32N2O6/c1-16(34-2)25(26(31)32)29-24(30)13-18(17-11-12-17)14-28-27(33)35-15-23-21-9-5-3-7-19(21)20-8-4-6-10-22(20)23/h3-10,16-18,23,25H,11-15H2,1-2H3,(H,28,33)(H,29,30)(H,31,32). The zero-order chi connectivity index (χ0) is 24.9. The Kier molecular flexibility index (Phi) is 7.70. The number of carboxylic acids is 1. The van der Waals surface area contributed by atoms with Crippen LogP contribution in [0.15, 0.2) is 48.5 Å². The first-order valence-electron chi connectivity index (χ1n) is 12.0. The molecule has 2 amide bonds. The highest BCUT2D eigenvalue weighted by atomic mass is 16.5. The van der Waals surface area contributed by atoms with Crippen LogP contribution in [0.25, 0.3) is 11.1 Å². The third kappa shape index (κ3) is 5.82. The van der Waals surface area contributed by atoms with Gasteiger partial charge in [0.15, 0.2) is 6.04 Å². The molecule has 2 aliphatic rings. The molecule has 4 rings (SSSR count). The lowest BCUT2D eigenvalue weighted by atomic mass is 9.98. The number of rotatable bonds is 11. The van der Waals surface area contributed by atoms with E-state index in [2.05, 4.69) is 34.9 Å². The van der Waals surface area contributed by atoms with Gasteiger partial charge in [-0.3, -0.25) is 4.79 Å².